The zero-order valence-electron chi connectivity index (χ0n) is 13.5. The van der Waals surface area contributed by atoms with Crippen LogP contribution in [-0.2, 0) is 9.59 Å². The lowest BCUT2D eigenvalue weighted by Crippen LogP contribution is -2.43. The summed E-state index contributed by atoms with van der Waals surface area (Å²) in [4.78, 5) is 25.5. The lowest BCUT2D eigenvalue weighted by atomic mass is 10.1. The van der Waals surface area contributed by atoms with Crippen molar-refractivity contribution < 1.29 is 9.59 Å². The van der Waals surface area contributed by atoms with Crippen LogP contribution in [0.1, 0.15) is 11.1 Å². The summed E-state index contributed by atoms with van der Waals surface area (Å²) in [7, 11) is 0. The van der Waals surface area contributed by atoms with Gasteiger partial charge in [0.2, 0.25) is 11.8 Å². The van der Waals surface area contributed by atoms with Gasteiger partial charge in [-0.2, -0.15) is 0 Å². The quantitative estimate of drug-likeness (QED) is 0.725. The van der Waals surface area contributed by atoms with Crippen molar-refractivity contribution in [3.05, 3.63) is 29.3 Å². The largest absolute Gasteiger partial charge is 0.353 e. The maximum absolute atomic E-state index is 11.9. The number of nitrogens with one attached hydrogen (secondary N) is 2. The minimum atomic E-state index is -0.245. The van der Waals surface area contributed by atoms with Crippen molar-refractivity contribution >= 4 is 17.5 Å². The molecule has 1 rings (SSSR count). The summed E-state index contributed by atoms with van der Waals surface area (Å²) in [5, 5.41) is 5.19. The molecular weight excluding hydrogens is 290 g/mol. The first kappa shape index (κ1) is 18.1. The molecule has 5 nitrogen and oxygen atoms in total. The average molecular weight is 311 g/mol. The van der Waals surface area contributed by atoms with Gasteiger partial charge in [0, 0.05) is 5.69 Å². The first-order chi connectivity index (χ1) is 11.0. The van der Waals surface area contributed by atoms with Crippen molar-refractivity contribution in [1.29, 1.82) is 0 Å². The summed E-state index contributed by atoms with van der Waals surface area (Å²) in [6.07, 6.45) is 10.3. The van der Waals surface area contributed by atoms with Gasteiger partial charge < -0.3 is 15.5 Å². The molecule has 0 aliphatic carbocycles. The molecule has 2 N–H and O–H groups in total. The molecule has 5 heteroatoms. The number of nitrogens with zero attached hydrogens (tertiary/aromatic N) is 1. The number of carbonyl (C=O) groups is 2. The van der Waals surface area contributed by atoms with Gasteiger partial charge in [0.1, 0.15) is 0 Å². The summed E-state index contributed by atoms with van der Waals surface area (Å²) in [5.74, 6) is 4.20. The van der Waals surface area contributed by atoms with Gasteiger partial charge in [0.15, 0.2) is 0 Å². The number of terminal acetylenes is 2. The zero-order chi connectivity index (χ0) is 17.2. The van der Waals surface area contributed by atoms with Gasteiger partial charge in [-0.15, -0.1) is 12.8 Å². The third-order valence-electron chi connectivity index (χ3n) is 3.30. The highest BCUT2D eigenvalue weighted by Gasteiger charge is 2.15. The Labute approximate surface area is 137 Å². The Morgan fingerprint density at radius 3 is 1.96 bits per heavy atom. The van der Waals surface area contributed by atoms with E-state index in [0.717, 1.165) is 16.8 Å². The Bertz CT molecular complexity index is 621. The summed E-state index contributed by atoms with van der Waals surface area (Å²) in [6, 6.07) is 5.78. The number of anilines is 1. The van der Waals surface area contributed by atoms with E-state index >= 15 is 0 Å². The molecule has 0 atom stereocenters. The van der Waals surface area contributed by atoms with E-state index in [9.17, 15) is 9.59 Å². The maximum atomic E-state index is 11.9. The fourth-order valence-electron chi connectivity index (χ4n) is 1.92. The minimum absolute atomic E-state index is 0.0354. The number of carbonyl (C=O) groups excluding carboxylic acids is 2. The van der Waals surface area contributed by atoms with E-state index < -0.39 is 0 Å². The third kappa shape index (κ3) is 6.15. The van der Waals surface area contributed by atoms with Crippen LogP contribution in [0.2, 0.25) is 0 Å². The van der Waals surface area contributed by atoms with Crippen molar-refractivity contribution in [2.75, 3.05) is 31.1 Å². The van der Waals surface area contributed by atoms with Crippen LogP contribution in [0, 0.1) is 38.5 Å². The Morgan fingerprint density at radius 1 is 1.00 bits per heavy atom. The molecule has 120 valence electrons. The number of benzene rings is 1. The molecule has 0 aromatic heterocycles. The first-order valence-corrected chi connectivity index (χ1v) is 7.20. The smallest absolute Gasteiger partial charge is 0.240 e. The second kappa shape index (κ2) is 9.17. The van der Waals surface area contributed by atoms with Gasteiger partial charge in [0.25, 0.3) is 0 Å². The van der Waals surface area contributed by atoms with E-state index in [1.807, 2.05) is 32.0 Å². The first-order valence-electron chi connectivity index (χ1n) is 7.20. The molecule has 1 aromatic rings. The van der Waals surface area contributed by atoms with E-state index in [0.29, 0.717) is 0 Å². The molecule has 0 spiro atoms. The Balaban J connectivity index is 2.89. The number of aryl methyl sites for hydroxylation is 2. The summed E-state index contributed by atoms with van der Waals surface area (Å²) in [5.41, 5.74) is 3.02. The van der Waals surface area contributed by atoms with Crippen molar-refractivity contribution in [2.24, 2.45) is 0 Å². The van der Waals surface area contributed by atoms with Crippen LogP contribution < -0.4 is 15.5 Å². The van der Waals surface area contributed by atoms with Crippen LogP contribution >= 0.6 is 0 Å². The lowest BCUT2D eigenvalue weighted by molar-refractivity contribution is -0.120. The van der Waals surface area contributed by atoms with Crippen molar-refractivity contribution in [3.63, 3.8) is 0 Å². The molecule has 0 bridgehead atoms. The highest BCUT2D eigenvalue weighted by molar-refractivity contribution is 5.86. The molecule has 23 heavy (non-hydrogen) atoms. The highest BCUT2D eigenvalue weighted by atomic mass is 16.2. The predicted molar refractivity (Wildman–Crippen MR) is 91.8 cm³/mol. The molecule has 0 fully saturated rings. The number of hydrogen-bond donors (Lipinski definition) is 2. The monoisotopic (exact) mass is 311 g/mol. The van der Waals surface area contributed by atoms with Gasteiger partial charge >= 0.3 is 0 Å². The molecular formula is C18H21N3O2. The third-order valence-corrected chi connectivity index (χ3v) is 3.30. The van der Waals surface area contributed by atoms with E-state index in [2.05, 4.69) is 22.5 Å². The second-order valence-corrected chi connectivity index (χ2v) is 5.09. The van der Waals surface area contributed by atoms with E-state index in [1.165, 1.54) is 0 Å². The highest BCUT2D eigenvalue weighted by Crippen LogP contribution is 2.18. The lowest BCUT2D eigenvalue weighted by Gasteiger charge is -2.24. The number of hydrogen-bond acceptors (Lipinski definition) is 3. The van der Waals surface area contributed by atoms with Crippen LogP contribution in [0.15, 0.2) is 18.2 Å². The van der Waals surface area contributed by atoms with E-state index in [-0.39, 0.29) is 38.0 Å². The minimum Gasteiger partial charge on any atom is -0.353 e. The van der Waals surface area contributed by atoms with Gasteiger partial charge in [-0.05, 0) is 37.1 Å². The summed E-state index contributed by atoms with van der Waals surface area (Å²) >= 11 is 0. The topological polar surface area (TPSA) is 61.4 Å². The zero-order valence-corrected chi connectivity index (χ0v) is 13.5. The molecule has 2 amide bonds. The maximum Gasteiger partial charge on any atom is 0.240 e. The van der Waals surface area contributed by atoms with Crippen LogP contribution in [-0.4, -0.2) is 38.0 Å². The Morgan fingerprint density at radius 2 is 1.52 bits per heavy atom. The summed E-state index contributed by atoms with van der Waals surface area (Å²) < 4.78 is 0. The standard InChI is InChI=1S/C18H21N3O2/c1-5-9-19-17(22)12-21(13-18(23)20-10-6-2)16-8-7-14(3)15(4)11-16/h1-2,7-8,11H,9-10,12-13H2,3-4H3,(H,19,22)(H,20,23). The molecule has 0 saturated carbocycles. The Hall–Kier alpha value is -2.92. The van der Waals surface area contributed by atoms with Crippen LogP contribution in [0.5, 0.6) is 0 Å². The fraction of sp³-hybridized carbons (Fsp3) is 0.333. The van der Waals surface area contributed by atoms with E-state index in [4.69, 9.17) is 12.8 Å². The molecule has 1 aromatic carbocycles. The fourth-order valence-corrected chi connectivity index (χ4v) is 1.92. The average Bonchev–Trinajstić information content (AvgIpc) is 2.53. The van der Waals surface area contributed by atoms with Gasteiger partial charge in [-0.25, -0.2) is 0 Å². The molecule has 0 radical (unpaired) electrons. The molecule has 0 heterocycles. The van der Waals surface area contributed by atoms with Crippen LogP contribution in [0.3, 0.4) is 0 Å². The van der Waals surface area contributed by atoms with E-state index in [1.54, 1.807) is 4.90 Å². The SMILES string of the molecule is C#CCNC(=O)CN(CC(=O)NCC#C)c1ccc(C)c(C)c1. The Kier molecular flexibility index (Phi) is 7.23. The summed E-state index contributed by atoms with van der Waals surface area (Å²) in [6.45, 7) is 4.36. The number of amides is 2. The normalized spacial score (nSPS) is 9.39. The van der Waals surface area contributed by atoms with Crippen molar-refractivity contribution in [1.82, 2.24) is 10.6 Å². The molecule has 0 saturated heterocycles. The predicted octanol–water partition coefficient (Wildman–Crippen LogP) is 0.609. The van der Waals surface area contributed by atoms with Crippen LogP contribution in [0.25, 0.3) is 0 Å². The van der Waals surface area contributed by atoms with Crippen molar-refractivity contribution in [2.45, 2.75) is 13.8 Å². The van der Waals surface area contributed by atoms with Gasteiger partial charge in [-0.3, -0.25) is 9.59 Å². The number of rotatable bonds is 7. The van der Waals surface area contributed by atoms with Gasteiger partial charge in [0.05, 0.1) is 26.2 Å². The van der Waals surface area contributed by atoms with Crippen molar-refractivity contribution in [3.8, 4) is 24.7 Å². The van der Waals surface area contributed by atoms with Gasteiger partial charge in [-0.1, -0.05) is 17.9 Å². The molecule has 0 aliphatic rings. The molecule has 0 unspecified atom stereocenters. The van der Waals surface area contributed by atoms with Crippen LogP contribution in [0.4, 0.5) is 5.69 Å². The second-order valence-electron chi connectivity index (χ2n) is 5.09. The molecule has 0 aliphatic heterocycles.